The largest absolute Gasteiger partial charge is 0.462 e. The maximum Gasteiger partial charge on any atom is 0.309 e. The third-order valence-electron chi connectivity index (χ3n) is 11.6. The minimum atomic E-state index is -1.50. The average Bonchev–Trinajstić information content (AvgIpc) is 3.85. The van der Waals surface area contributed by atoms with Crippen molar-refractivity contribution in [3.63, 3.8) is 0 Å². The van der Waals surface area contributed by atoms with Gasteiger partial charge in [0.25, 0.3) is 0 Å². The van der Waals surface area contributed by atoms with Crippen molar-refractivity contribution < 1.29 is 77.1 Å². The predicted molar refractivity (Wildman–Crippen MR) is 209 cm³/mol. The summed E-state index contributed by atoms with van der Waals surface area (Å²) >= 11 is 0. The van der Waals surface area contributed by atoms with Gasteiger partial charge in [-0.2, -0.15) is 0 Å². The second-order valence-corrected chi connectivity index (χ2v) is 17.7. The zero-order valence-electron chi connectivity index (χ0n) is 36.5. The number of nitrogens with zero attached hydrogens (tertiary/aromatic N) is 1. The number of rotatable bonds is 12. The molecule has 4 aliphatic rings. The Morgan fingerprint density at radius 1 is 0.983 bits per heavy atom. The lowest BCUT2D eigenvalue weighted by Gasteiger charge is -2.50. The van der Waals surface area contributed by atoms with Crippen molar-refractivity contribution in [3.05, 3.63) is 12.2 Å². The highest BCUT2D eigenvalue weighted by Crippen LogP contribution is 2.38. The Labute approximate surface area is 348 Å². The lowest BCUT2D eigenvalue weighted by Crippen LogP contribution is -2.66. The standard InChI is InChI=1S/C42H69NO16/c1-21(2)16-32(47)57-40-25(6)53-34(20-42(40,8)50)58-37-24(5)54-41(36(49)35(37)43(9)10)59-38-27(14-15-44)17-22(3)28(46)12-13-29-30(56-29)18-23(4)52-33(48)19-31(39(38)51-11)55-26(7)45/h12-13,15,21-25,27-31,34-41,46,49-50H,14,16-20H2,1-11H3/b13-12+/t22-,23-,24-,25-,27+,28+,29-,30+,31-,34-,35-,36-,37-,38+,39-,40-,41+,42+/m1/s1. The molecule has 0 saturated carbocycles. The van der Waals surface area contributed by atoms with Gasteiger partial charge in [-0.25, -0.2) is 0 Å². The molecule has 0 radical (unpaired) electrons. The molecule has 0 unspecified atom stereocenters. The van der Waals surface area contributed by atoms with E-state index in [4.69, 9.17) is 42.6 Å². The summed E-state index contributed by atoms with van der Waals surface area (Å²) in [5, 5.41) is 34.8. The molecule has 4 rings (SSSR count). The van der Waals surface area contributed by atoms with Crippen molar-refractivity contribution in [1.29, 1.82) is 0 Å². The Kier molecular flexibility index (Phi) is 17.9. The molecule has 59 heavy (non-hydrogen) atoms. The first-order valence-electron chi connectivity index (χ1n) is 20.9. The Bertz CT molecular complexity index is 1420. The average molecular weight is 844 g/mol. The van der Waals surface area contributed by atoms with Gasteiger partial charge < -0.3 is 67.6 Å². The number of aldehydes is 1. The Hall–Kier alpha value is -2.58. The van der Waals surface area contributed by atoms with Crippen LogP contribution in [0.4, 0.5) is 0 Å². The first kappa shape index (κ1) is 49.1. The van der Waals surface area contributed by atoms with Crippen LogP contribution in [0.5, 0.6) is 0 Å². The number of aliphatic hydroxyl groups is 3. The van der Waals surface area contributed by atoms with Gasteiger partial charge in [-0.3, -0.25) is 14.4 Å². The summed E-state index contributed by atoms with van der Waals surface area (Å²) in [6, 6.07) is -0.786. The summed E-state index contributed by atoms with van der Waals surface area (Å²) in [6.45, 7) is 13.5. The minimum Gasteiger partial charge on any atom is -0.462 e. The van der Waals surface area contributed by atoms with E-state index in [2.05, 4.69) is 0 Å². The van der Waals surface area contributed by atoms with Gasteiger partial charge in [0.1, 0.15) is 48.5 Å². The van der Waals surface area contributed by atoms with E-state index in [1.807, 2.05) is 20.8 Å². The summed E-state index contributed by atoms with van der Waals surface area (Å²) in [7, 11) is 4.85. The number of aliphatic hydroxyl groups excluding tert-OH is 2. The summed E-state index contributed by atoms with van der Waals surface area (Å²) in [6.07, 6.45) is -8.10. The fraction of sp³-hybridized carbons (Fsp3) is 0.857. The Morgan fingerprint density at radius 3 is 2.27 bits per heavy atom. The van der Waals surface area contributed by atoms with Crippen molar-refractivity contribution in [1.82, 2.24) is 4.90 Å². The molecule has 0 spiro atoms. The number of fused-ring (bicyclic) bond motifs is 1. The van der Waals surface area contributed by atoms with E-state index < -0.39 is 121 Å². The molecular formula is C42H69NO16. The molecule has 4 heterocycles. The number of esters is 3. The van der Waals surface area contributed by atoms with Crippen LogP contribution in [0.2, 0.25) is 0 Å². The number of ether oxygens (including phenoxy) is 9. The van der Waals surface area contributed by atoms with Crippen molar-refractivity contribution in [2.75, 3.05) is 21.2 Å². The van der Waals surface area contributed by atoms with Gasteiger partial charge >= 0.3 is 17.9 Å². The number of epoxide rings is 1. The molecule has 0 bridgehead atoms. The topological polar surface area (TPSA) is 219 Å². The lowest BCUT2D eigenvalue weighted by molar-refractivity contribution is -0.344. The Balaban J connectivity index is 1.63. The summed E-state index contributed by atoms with van der Waals surface area (Å²) in [5.74, 6) is -2.85. The summed E-state index contributed by atoms with van der Waals surface area (Å²) < 4.78 is 54.4. The number of carbonyl (C=O) groups is 4. The molecule has 0 amide bonds. The van der Waals surface area contributed by atoms with Crippen LogP contribution >= 0.6 is 0 Å². The van der Waals surface area contributed by atoms with E-state index in [-0.39, 0.29) is 43.8 Å². The molecule has 17 nitrogen and oxygen atoms in total. The van der Waals surface area contributed by atoms with Crippen LogP contribution in [0.1, 0.15) is 93.9 Å². The molecule has 4 aliphatic heterocycles. The van der Waals surface area contributed by atoms with Gasteiger partial charge in [0, 0.05) is 39.7 Å². The monoisotopic (exact) mass is 843 g/mol. The number of hydrogen-bond acceptors (Lipinski definition) is 17. The maximum absolute atomic E-state index is 13.3. The molecule has 3 fully saturated rings. The van der Waals surface area contributed by atoms with Crippen molar-refractivity contribution in [3.8, 4) is 0 Å². The van der Waals surface area contributed by atoms with Crippen LogP contribution in [0.25, 0.3) is 0 Å². The number of carbonyl (C=O) groups excluding carboxylic acids is 4. The van der Waals surface area contributed by atoms with Crippen molar-refractivity contribution in [2.24, 2.45) is 17.8 Å². The smallest absolute Gasteiger partial charge is 0.309 e. The fourth-order valence-corrected chi connectivity index (χ4v) is 8.62. The SMILES string of the molecule is CO[C@H]1[C@@H](O[C@@H]2O[C@H](C)[C@@H](O[C@@H]3C[C@](C)(O)[C@H](OC(=O)CC(C)C)[C@@H](C)O3)[C@H](N(C)C)[C@H]2O)[C@@H](CC=O)C[C@@H](C)[C@@H](O)/C=C/[C@H]2O[C@H]2C[C@@H](C)OC(=O)C[C@H]1OC(C)=O. The number of hydrogen-bond donors (Lipinski definition) is 3. The van der Waals surface area contributed by atoms with Gasteiger partial charge in [0.05, 0.1) is 43.0 Å². The second-order valence-electron chi connectivity index (χ2n) is 17.7. The highest BCUT2D eigenvalue weighted by molar-refractivity contribution is 5.72. The van der Waals surface area contributed by atoms with Crippen LogP contribution in [0.15, 0.2) is 12.2 Å². The third kappa shape index (κ3) is 13.5. The Morgan fingerprint density at radius 2 is 1.68 bits per heavy atom. The first-order valence-corrected chi connectivity index (χ1v) is 20.9. The highest BCUT2D eigenvalue weighted by atomic mass is 16.7. The molecule has 338 valence electrons. The van der Waals surface area contributed by atoms with Gasteiger partial charge in [-0.1, -0.05) is 32.9 Å². The molecule has 0 aromatic carbocycles. The van der Waals surface area contributed by atoms with E-state index in [1.165, 1.54) is 14.0 Å². The van der Waals surface area contributed by atoms with E-state index in [0.717, 1.165) is 0 Å². The lowest BCUT2D eigenvalue weighted by atomic mass is 9.82. The zero-order valence-corrected chi connectivity index (χ0v) is 36.5. The molecule has 0 aromatic heterocycles. The minimum absolute atomic E-state index is 0.0481. The van der Waals surface area contributed by atoms with E-state index in [9.17, 15) is 34.5 Å². The number of methoxy groups -OCH3 is 1. The summed E-state index contributed by atoms with van der Waals surface area (Å²) in [4.78, 5) is 52.5. The van der Waals surface area contributed by atoms with Crippen LogP contribution in [0, 0.1) is 17.8 Å². The third-order valence-corrected chi connectivity index (χ3v) is 11.6. The summed E-state index contributed by atoms with van der Waals surface area (Å²) in [5.41, 5.74) is -1.50. The molecule has 3 N–H and O–H groups in total. The molecule has 3 saturated heterocycles. The van der Waals surface area contributed by atoms with Crippen molar-refractivity contribution in [2.45, 2.75) is 191 Å². The van der Waals surface area contributed by atoms with E-state index in [0.29, 0.717) is 12.7 Å². The van der Waals surface area contributed by atoms with Crippen molar-refractivity contribution >= 4 is 24.2 Å². The van der Waals surface area contributed by atoms with Crippen LogP contribution < -0.4 is 0 Å². The second kappa shape index (κ2) is 21.5. The first-order chi connectivity index (χ1) is 27.6. The molecule has 0 aliphatic carbocycles. The van der Waals surface area contributed by atoms with Crippen LogP contribution in [-0.4, -0.2) is 163 Å². The van der Waals surface area contributed by atoms with Gasteiger partial charge in [-0.15, -0.1) is 0 Å². The van der Waals surface area contributed by atoms with Gasteiger partial charge in [0.15, 0.2) is 18.7 Å². The fourth-order valence-electron chi connectivity index (χ4n) is 8.62. The normalized spacial score (nSPS) is 43.0. The molecular weight excluding hydrogens is 774 g/mol. The maximum atomic E-state index is 13.3. The molecule has 0 aromatic rings. The van der Waals surface area contributed by atoms with E-state index >= 15 is 0 Å². The highest BCUT2D eigenvalue weighted by Gasteiger charge is 2.53. The van der Waals surface area contributed by atoms with Gasteiger partial charge in [-0.05, 0) is 66.0 Å². The zero-order chi connectivity index (χ0) is 43.9. The number of likely N-dealkylation sites (N-methyl/N-ethyl adjacent to an activating group) is 1. The van der Waals surface area contributed by atoms with E-state index in [1.54, 1.807) is 58.8 Å². The molecule has 17 heteroatoms. The van der Waals surface area contributed by atoms with Gasteiger partial charge in [0.2, 0.25) is 0 Å². The predicted octanol–water partition coefficient (Wildman–Crippen LogP) is 2.22. The van der Waals surface area contributed by atoms with Crippen LogP contribution in [-0.2, 0) is 61.8 Å². The molecule has 18 atom stereocenters. The van der Waals surface area contributed by atoms with Crippen LogP contribution in [0.3, 0.4) is 0 Å². The number of cyclic esters (lactones) is 1. The quantitative estimate of drug-likeness (QED) is 0.0844.